The van der Waals surface area contributed by atoms with Crippen molar-refractivity contribution in [2.45, 2.75) is 25.8 Å². The first-order valence-corrected chi connectivity index (χ1v) is 11.5. The summed E-state index contributed by atoms with van der Waals surface area (Å²) in [5, 5.41) is 6.69. The van der Waals surface area contributed by atoms with E-state index < -0.39 is 0 Å². The maximum absolute atomic E-state index is 12.5. The van der Waals surface area contributed by atoms with Crippen LogP contribution in [0, 0.1) is 0 Å². The third kappa shape index (κ3) is 5.09. The first kappa shape index (κ1) is 21.7. The lowest BCUT2D eigenvalue weighted by molar-refractivity contribution is -0.120. The standard InChI is InChI=1S/C27H26N4O3/c32-26(29-18-20-11-12-28-25(15-20)31-13-3-4-14-31)16-19-7-9-22(10-8-19)30-27(33)24-17-21-5-1-2-6-23(21)34-24/h1-2,5-12,15,17H,3-4,13-14,16,18H2,(H,29,32)(H,30,33). The molecule has 172 valence electrons. The summed E-state index contributed by atoms with van der Waals surface area (Å²) >= 11 is 0. The first-order valence-electron chi connectivity index (χ1n) is 11.5. The zero-order chi connectivity index (χ0) is 23.3. The number of hydrogen-bond donors (Lipinski definition) is 2. The molecule has 0 saturated carbocycles. The van der Waals surface area contributed by atoms with Gasteiger partial charge in [-0.3, -0.25) is 9.59 Å². The average Bonchev–Trinajstić information content (AvgIpc) is 3.55. The minimum atomic E-state index is -0.313. The fourth-order valence-corrected chi connectivity index (χ4v) is 4.13. The molecular weight excluding hydrogens is 428 g/mol. The van der Waals surface area contributed by atoms with Gasteiger partial charge in [-0.1, -0.05) is 30.3 Å². The molecule has 1 aliphatic heterocycles. The van der Waals surface area contributed by atoms with Crippen molar-refractivity contribution in [3.63, 3.8) is 0 Å². The van der Waals surface area contributed by atoms with Crippen LogP contribution in [0.1, 0.15) is 34.5 Å². The number of furan rings is 1. The highest BCUT2D eigenvalue weighted by Gasteiger charge is 2.14. The van der Waals surface area contributed by atoms with Gasteiger partial charge in [0.05, 0.1) is 6.42 Å². The number of pyridine rings is 1. The van der Waals surface area contributed by atoms with Gasteiger partial charge < -0.3 is 20.0 Å². The minimum absolute atomic E-state index is 0.0569. The Balaban J connectivity index is 1.13. The molecule has 0 atom stereocenters. The van der Waals surface area contributed by atoms with Gasteiger partial charge in [0.25, 0.3) is 5.91 Å². The van der Waals surface area contributed by atoms with Crippen molar-refractivity contribution in [2.75, 3.05) is 23.3 Å². The number of hydrogen-bond acceptors (Lipinski definition) is 5. The first-order chi connectivity index (χ1) is 16.6. The summed E-state index contributed by atoms with van der Waals surface area (Å²) in [6, 6.07) is 20.4. The summed E-state index contributed by atoms with van der Waals surface area (Å²) in [4.78, 5) is 31.7. The molecule has 0 aliphatic carbocycles. The normalized spacial score (nSPS) is 13.2. The van der Waals surface area contributed by atoms with Crippen LogP contribution in [0.5, 0.6) is 0 Å². The maximum atomic E-state index is 12.5. The van der Waals surface area contributed by atoms with Crippen LogP contribution in [0.15, 0.2) is 77.3 Å². The zero-order valence-electron chi connectivity index (χ0n) is 18.8. The van der Waals surface area contributed by atoms with Gasteiger partial charge in [0.15, 0.2) is 5.76 Å². The highest BCUT2D eigenvalue weighted by atomic mass is 16.3. The lowest BCUT2D eigenvalue weighted by Gasteiger charge is -2.17. The van der Waals surface area contributed by atoms with E-state index in [1.165, 1.54) is 12.8 Å². The summed E-state index contributed by atoms with van der Waals surface area (Å²) in [5.41, 5.74) is 3.22. The Morgan fingerprint density at radius 3 is 2.53 bits per heavy atom. The molecule has 5 rings (SSSR count). The molecule has 1 saturated heterocycles. The molecule has 0 unspecified atom stereocenters. The van der Waals surface area contributed by atoms with Crippen LogP contribution in [0.3, 0.4) is 0 Å². The van der Waals surface area contributed by atoms with E-state index in [-0.39, 0.29) is 24.0 Å². The second kappa shape index (κ2) is 9.79. The zero-order valence-corrected chi connectivity index (χ0v) is 18.8. The molecule has 34 heavy (non-hydrogen) atoms. The lowest BCUT2D eigenvalue weighted by Crippen LogP contribution is -2.25. The van der Waals surface area contributed by atoms with Crippen molar-refractivity contribution in [1.82, 2.24) is 10.3 Å². The van der Waals surface area contributed by atoms with Crippen molar-refractivity contribution >= 4 is 34.3 Å². The summed E-state index contributed by atoms with van der Waals surface area (Å²) in [6.07, 6.45) is 4.46. The highest BCUT2D eigenvalue weighted by molar-refractivity contribution is 6.04. The third-order valence-electron chi connectivity index (χ3n) is 5.96. The quantitative estimate of drug-likeness (QED) is 0.428. The molecule has 2 aromatic carbocycles. The molecule has 0 spiro atoms. The number of nitrogens with zero attached hydrogens (tertiary/aromatic N) is 2. The Bertz CT molecular complexity index is 1270. The van der Waals surface area contributed by atoms with E-state index in [0.29, 0.717) is 17.8 Å². The van der Waals surface area contributed by atoms with Crippen molar-refractivity contribution < 1.29 is 14.0 Å². The molecule has 7 heteroatoms. The monoisotopic (exact) mass is 454 g/mol. The number of fused-ring (bicyclic) bond motifs is 1. The fourth-order valence-electron chi connectivity index (χ4n) is 4.13. The molecule has 2 amide bonds. The van der Waals surface area contributed by atoms with Crippen molar-refractivity contribution in [2.24, 2.45) is 0 Å². The van der Waals surface area contributed by atoms with Crippen molar-refractivity contribution in [3.8, 4) is 0 Å². The van der Waals surface area contributed by atoms with E-state index in [9.17, 15) is 9.59 Å². The van der Waals surface area contributed by atoms with E-state index >= 15 is 0 Å². The fraction of sp³-hybridized carbons (Fsp3) is 0.222. The molecule has 1 aliphatic rings. The highest BCUT2D eigenvalue weighted by Crippen LogP contribution is 2.21. The summed E-state index contributed by atoms with van der Waals surface area (Å²) in [5.74, 6) is 0.865. The summed E-state index contributed by atoms with van der Waals surface area (Å²) in [6.45, 7) is 2.54. The molecule has 0 bridgehead atoms. The lowest BCUT2D eigenvalue weighted by atomic mass is 10.1. The molecule has 2 N–H and O–H groups in total. The smallest absolute Gasteiger partial charge is 0.291 e. The van der Waals surface area contributed by atoms with Gasteiger partial charge in [0, 0.05) is 36.9 Å². The summed E-state index contributed by atoms with van der Waals surface area (Å²) in [7, 11) is 0. The number of carbonyl (C=O) groups is 2. The molecule has 7 nitrogen and oxygen atoms in total. The molecular formula is C27H26N4O3. The van der Waals surface area contributed by atoms with Crippen LogP contribution in [0.4, 0.5) is 11.5 Å². The van der Waals surface area contributed by atoms with Gasteiger partial charge in [0.1, 0.15) is 11.4 Å². The van der Waals surface area contributed by atoms with Gasteiger partial charge in [0.2, 0.25) is 5.91 Å². The van der Waals surface area contributed by atoms with Gasteiger partial charge in [-0.25, -0.2) is 4.98 Å². The predicted octanol–water partition coefficient (Wildman–Crippen LogP) is 4.54. The van der Waals surface area contributed by atoms with E-state index in [4.69, 9.17) is 4.42 Å². The van der Waals surface area contributed by atoms with Gasteiger partial charge >= 0.3 is 0 Å². The van der Waals surface area contributed by atoms with Crippen LogP contribution < -0.4 is 15.5 Å². The number of anilines is 2. The SMILES string of the molecule is O=C(Cc1ccc(NC(=O)c2cc3ccccc3o2)cc1)NCc1ccnc(N2CCCC2)c1. The largest absolute Gasteiger partial charge is 0.451 e. The Labute approximate surface area is 197 Å². The second-order valence-electron chi connectivity index (χ2n) is 8.47. The minimum Gasteiger partial charge on any atom is -0.451 e. The van der Waals surface area contributed by atoms with Gasteiger partial charge in [-0.05, 0) is 60.4 Å². The number of benzene rings is 2. The molecule has 0 radical (unpaired) electrons. The Morgan fingerprint density at radius 1 is 0.941 bits per heavy atom. The van der Waals surface area contributed by atoms with Crippen LogP contribution in [0.2, 0.25) is 0 Å². The van der Waals surface area contributed by atoms with Gasteiger partial charge in [-0.2, -0.15) is 0 Å². The number of aromatic nitrogens is 1. The predicted molar refractivity (Wildman–Crippen MR) is 132 cm³/mol. The number of rotatable bonds is 7. The van der Waals surface area contributed by atoms with E-state index in [2.05, 4.69) is 20.5 Å². The van der Waals surface area contributed by atoms with E-state index in [1.54, 1.807) is 24.4 Å². The van der Waals surface area contributed by atoms with Crippen molar-refractivity contribution in [3.05, 3.63) is 89.8 Å². The average molecular weight is 455 g/mol. The van der Waals surface area contributed by atoms with Crippen LogP contribution in [-0.4, -0.2) is 29.9 Å². The number of nitrogens with one attached hydrogen (secondary N) is 2. The molecule has 3 heterocycles. The van der Waals surface area contributed by atoms with Crippen LogP contribution >= 0.6 is 0 Å². The van der Waals surface area contributed by atoms with Crippen LogP contribution in [0.25, 0.3) is 11.0 Å². The van der Waals surface area contributed by atoms with E-state index in [1.807, 2.05) is 48.5 Å². The van der Waals surface area contributed by atoms with Crippen LogP contribution in [-0.2, 0) is 17.8 Å². The Morgan fingerprint density at radius 2 is 1.74 bits per heavy atom. The van der Waals surface area contributed by atoms with Gasteiger partial charge in [-0.15, -0.1) is 0 Å². The molecule has 2 aromatic heterocycles. The second-order valence-corrected chi connectivity index (χ2v) is 8.47. The molecule has 1 fully saturated rings. The summed E-state index contributed by atoms with van der Waals surface area (Å²) < 4.78 is 5.61. The third-order valence-corrected chi connectivity index (χ3v) is 5.96. The maximum Gasteiger partial charge on any atom is 0.291 e. The number of amides is 2. The Hall–Kier alpha value is -4.13. The number of para-hydroxylation sites is 1. The Kier molecular flexibility index (Phi) is 6.25. The topological polar surface area (TPSA) is 87.5 Å². The number of carbonyl (C=O) groups excluding carboxylic acids is 2. The van der Waals surface area contributed by atoms with E-state index in [0.717, 1.165) is 35.4 Å². The molecule has 4 aromatic rings. The van der Waals surface area contributed by atoms with Crippen molar-refractivity contribution in [1.29, 1.82) is 0 Å².